The van der Waals surface area contributed by atoms with Crippen molar-refractivity contribution < 1.29 is 32.4 Å². The Morgan fingerprint density at radius 3 is 2.55 bits per heavy atom. The Morgan fingerprint density at radius 1 is 1.50 bits per heavy atom. The summed E-state index contributed by atoms with van der Waals surface area (Å²) in [7, 11) is 0. The molecule has 0 amide bonds. The third-order valence-electron chi connectivity index (χ3n) is 2.14. The molecule has 0 aromatic carbocycles. The van der Waals surface area contributed by atoms with Gasteiger partial charge in [0.05, 0.1) is 23.3 Å². The van der Waals surface area contributed by atoms with E-state index in [0.717, 1.165) is 6.92 Å². The maximum atomic E-state index is 12.1. The Bertz CT molecular complexity index is 544. The van der Waals surface area contributed by atoms with Gasteiger partial charge in [0.1, 0.15) is 0 Å². The molecule has 1 aromatic heterocycles. The number of ether oxygens (including phenoxy) is 2. The van der Waals surface area contributed by atoms with E-state index in [1.807, 2.05) is 0 Å². The average molecular weight is 294 g/mol. The third kappa shape index (κ3) is 3.56. The van der Waals surface area contributed by atoms with Crippen molar-refractivity contribution in [2.45, 2.75) is 20.2 Å². The molecule has 0 aliphatic rings. The molecule has 0 saturated heterocycles. The van der Waals surface area contributed by atoms with E-state index in [2.05, 4.69) is 14.5 Å². The number of pyridine rings is 1. The lowest BCUT2D eigenvalue weighted by Gasteiger charge is -2.12. The molecule has 0 spiro atoms. The average Bonchev–Trinajstić information content (AvgIpc) is 2.29. The number of rotatable bonds is 4. The van der Waals surface area contributed by atoms with E-state index in [1.54, 1.807) is 0 Å². The largest absolute Gasteiger partial charge is 0.573 e. The number of hydrogen-bond acceptors (Lipinski definition) is 6. The second-order valence-electron chi connectivity index (χ2n) is 3.47. The number of carbonyl (C=O) groups excluding carboxylic acids is 1. The number of carbonyl (C=O) groups is 1. The van der Waals surface area contributed by atoms with Gasteiger partial charge in [-0.15, -0.1) is 13.2 Å². The normalized spacial score (nSPS) is 11.1. The summed E-state index contributed by atoms with van der Waals surface area (Å²) in [4.78, 5) is 24.7. The molecule has 0 bridgehead atoms. The van der Waals surface area contributed by atoms with Crippen molar-refractivity contribution >= 4 is 11.7 Å². The van der Waals surface area contributed by atoms with Crippen LogP contribution >= 0.6 is 0 Å². The van der Waals surface area contributed by atoms with Crippen LogP contribution in [0.3, 0.4) is 0 Å². The zero-order chi connectivity index (χ0) is 15.5. The predicted molar refractivity (Wildman–Crippen MR) is 58.3 cm³/mol. The molecule has 0 radical (unpaired) electrons. The number of nitrogens with zero attached hydrogens (tertiary/aromatic N) is 2. The molecule has 10 heteroatoms. The van der Waals surface area contributed by atoms with Gasteiger partial charge in [0.25, 0.3) is 0 Å². The summed E-state index contributed by atoms with van der Waals surface area (Å²) >= 11 is 0. The molecule has 0 saturated carbocycles. The van der Waals surface area contributed by atoms with Crippen LogP contribution in [0.25, 0.3) is 0 Å². The zero-order valence-corrected chi connectivity index (χ0v) is 10.4. The summed E-state index contributed by atoms with van der Waals surface area (Å²) < 4.78 is 44.5. The monoisotopic (exact) mass is 294 g/mol. The van der Waals surface area contributed by atoms with E-state index in [0.29, 0.717) is 6.20 Å². The van der Waals surface area contributed by atoms with Crippen LogP contribution in [0.2, 0.25) is 0 Å². The minimum atomic E-state index is -5.02. The van der Waals surface area contributed by atoms with Gasteiger partial charge in [0.2, 0.25) is 5.69 Å². The molecule has 0 unspecified atom stereocenters. The van der Waals surface area contributed by atoms with Gasteiger partial charge in [-0.05, 0) is 13.8 Å². The lowest BCUT2D eigenvalue weighted by atomic mass is 10.2. The minimum Gasteiger partial charge on any atom is -0.461 e. The van der Waals surface area contributed by atoms with Gasteiger partial charge < -0.3 is 9.47 Å². The summed E-state index contributed by atoms with van der Waals surface area (Å²) in [5, 5.41) is 10.9. The van der Waals surface area contributed by atoms with Crippen LogP contribution in [0.4, 0.5) is 18.9 Å². The predicted octanol–water partition coefficient (Wildman–Crippen LogP) is 2.37. The van der Waals surface area contributed by atoms with Crippen molar-refractivity contribution in [3.8, 4) is 5.75 Å². The van der Waals surface area contributed by atoms with Crippen LogP contribution in [0.5, 0.6) is 5.75 Å². The van der Waals surface area contributed by atoms with E-state index in [4.69, 9.17) is 0 Å². The fraction of sp³-hybridized carbons (Fsp3) is 0.400. The van der Waals surface area contributed by atoms with Crippen LogP contribution in [0.15, 0.2) is 6.20 Å². The zero-order valence-electron chi connectivity index (χ0n) is 10.4. The van der Waals surface area contributed by atoms with E-state index in [-0.39, 0.29) is 6.61 Å². The molecule has 20 heavy (non-hydrogen) atoms. The van der Waals surface area contributed by atoms with E-state index >= 15 is 0 Å². The van der Waals surface area contributed by atoms with Gasteiger partial charge in [-0.1, -0.05) is 0 Å². The molecule has 0 aliphatic carbocycles. The topological polar surface area (TPSA) is 91.6 Å². The summed E-state index contributed by atoms with van der Waals surface area (Å²) in [6.45, 7) is 2.43. The summed E-state index contributed by atoms with van der Waals surface area (Å²) in [5.41, 5.74) is -2.03. The van der Waals surface area contributed by atoms with E-state index in [9.17, 15) is 28.1 Å². The first-order valence-electron chi connectivity index (χ1n) is 5.24. The first-order chi connectivity index (χ1) is 9.17. The van der Waals surface area contributed by atoms with Gasteiger partial charge in [-0.25, -0.2) is 9.78 Å². The number of esters is 1. The molecule has 0 N–H and O–H groups in total. The lowest BCUT2D eigenvalue weighted by molar-refractivity contribution is -0.386. The van der Waals surface area contributed by atoms with Crippen LogP contribution < -0.4 is 4.74 Å². The molecular weight excluding hydrogens is 285 g/mol. The van der Waals surface area contributed by atoms with Gasteiger partial charge >= 0.3 is 18.0 Å². The molecule has 110 valence electrons. The first kappa shape index (κ1) is 15.7. The van der Waals surface area contributed by atoms with Gasteiger partial charge in [-0.3, -0.25) is 10.1 Å². The first-order valence-corrected chi connectivity index (χ1v) is 5.24. The maximum absolute atomic E-state index is 12.1. The summed E-state index contributed by atoms with van der Waals surface area (Å²) in [5.74, 6) is -1.95. The quantitative estimate of drug-likeness (QED) is 0.481. The number of alkyl halides is 3. The minimum absolute atomic E-state index is 0.0580. The van der Waals surface area contributed by atoms with Crippen molar-refractivity contribution in [3.05, 3.63) is 27.6 Å². The van der Waals surface area contributed by atoms with Gasteiger partial charge in [0, 0.05) is 0 Å². The number of hydrogen-bond donors (Lipinski definition) is 0. The van der Waals surface area contributed by atoms with Gasteiger partial charge in [-0.2, -0.15) is 0 Å². The highest BCUT2D eigenvalue weighted by molar-refractivity contribution is 5.92. The van der Waals surface area contributed by atoms with Crippen molar-refractivity contribution in [1.82, 2.24) is 4.98 Å². The van der Waals surface area contributed by atoms with Crippen LogP contribution in [-0.4, -0.2) is 28.8 Å². The fourth-order valence-electron chi connectivity index (χ4n) is 1.38. The Hall–Kier alpha value is -2.39. The van der Waals surface area contributed by atoms with Crippen LogP contribution in [0, 0.1) is 17.0 Å². The highest BCUT2D eigenvalue weighted by atomic mass is 19.4. The number of aromatic nitrogens is 1. The Kier molecular flexibility index (Phi) is 4.48. The molecular formula is C10H9F3N2O5. The maximum Gasteiger partial charge on any atom is 0.573 e. The summed E-state index contributed by atoms with van der Waals surface area (Å²) in [6.07, 6.45) is -4.44. The molecule has 0 aliphatic heterocycles. The molecule has 7 nitrogen and oxygen atoms in total. The molecule has 0 fully saturated rings. The third-order valence-corrected chi connectivity index (χ3v) is 2.14. The molecule has 1 aromatic rings. The smallest absolute Gasteiger partial charge is 0.461 e. The van der Waals surface area contributed by atoms with E-state index in [1.165, 1.54) is 6.92 Å². The standard InChI is InChI=1S/C10H9F3N2O5/c1-3-19-9(16)7-8(15(17)18)5(2)6(4-14-7)20-10(11,12)13/h4H,3H2,1-2H3. The second-order valence-corrected chi connectivity index (χ2v) is 3.47. The molecule has 0 atom stereocenters. The van der Waals surface area contributed by atoms with Crippen molar-refractivity contribution in [2.24, 2.45) is 0 Å². The van der Waals surface area contributed by atoms with E-state index < -0.39 is 39.9 Å². The Morgan fingerprint density at radius 2 is 2.10 bits per heavy atom. The highest BCUT2D eigenvalue weighted by Gasteiger charge is 2.35. The summed E-state index contributed by atoms with van der Waals surface area (Å²) in [6, 6.07) is 0. The lowest BCUT2D eigenvalue weighted by Crippen LogP contribution is -2.19. The highest BCUT2D eigenvalue weighted by Crippen LogP contribution is 2.33. The molecule has 1 rings (SSSR count). The van der Waals surface area contributed by atoms with Crippen LogP contribution in [0.1, 0.15) is 23.0 Å². The molecule has 1 heterocycles. The fourth-order valence-corrected chi connectivity index (χ4v) is 1.38. The SMILES string of the molecule is CCOC(=O)c1ncc(OC(F)(F)F)c(C)c1[N+](=O)[O-]. The number of halogens is 3. The Balaban J connectivity index is 3.34. The van der Waals surface area contributed by atoms with Crippen LogP contribution in [-0.2, 0) is 4.74 Å². The Labute approximate surface area is 110 Å². The van der Waals surface area contributed by atoms with Crippen molar-refractivity contribution in [2.75, 3.05) is 6.61 Å². The van der Waals surface area contributed by atoms with Crippen molar-refractivity contribution in [1.29, 1.82) is 0 Å². The van der Waals surface area contributed by atoms with Crippen molar-refractivity contribution in [3.63, 3.8) is 0 Å². The number of nitro groups is 1. The van der Waals surface area contributed by atoms with Gasteiger partial charge in [0.15, 0.2) is 5.75 Å². The second kappa shape index (κ2) is 5.72.